The SMILES string of the molecule is O=C(CCBr)NCC1(CO)CCCC1. The van der Waals surface area contributed by atoms with Crippen molar-refractivity contribution in [1.82, 2.24) is 5.32 Å². The molecule has 0 bridgehead atoms. The first-order valence-corrected chi connectivity index (χ1v) is 6.28. The number of halogens is 1. The summed E-state index contributed by atoms with van der Waals surface area (Å²) < 4.78 is 0. The average Bonchev–Trinajstić information content (AvgIpc) is 2.65. The monoisotopic (exact) mass is 263 g/mol. The van der Waals surface area contributed by atoms with Gasteiger partial charge in [0.2, 0.25) is 5.91 Å². The van der Waals surface area contributed by atoms with Crippen molar-refractivity contribution in [3.8, 4) is 0 Å². The summed E-state index contributed by atoms with van der Waals surface area (Å²) in [4.78, 5) is 11.2. The summed E-state index contributed by atoms with van der Waals surface area (Å²) in [7, 11) is 0. The van der Waals surface area contributed by atoms with E-state index in [9.17, 15) is 9.90 Å². The zero-order valence-electron chi connectivity index (χ0n) is 8.39. The third-order valence-electron chi connectivity index (χ3n) is 2.98. The van der Waals surface area contributed by atoms with Crippen molar-refractivity contribution in [3.05, 3.63) is 0 Å². The number of carbonyl (C=O) groups excluding carboxylic acids is 1. The molecule has 1 saturated carbocycles. The van der Waals surface area contributed by atoms with E-state index in [1.807, 2.05) is 0 Å². The second-order valence-electron chi connectivity index (χ2n) is 4.08. The molecule has 4 heteroatoms. The number of hydrogen-bond acceptors (Lipinski definition) is 2. The summed E-state index contributed by atoms with van der Waals surface area (Å²) in [5, 5.41) is 12.9. The minimum absolute atomic E-state index is 0.0258. The maximum absolute atomic E-state index is 11.2. The van der Waals surface area contributed by atoms with Gasteiger partial charge >= 0.3 is 0 Å². The van der Waals surface area contributed by atoms with E-state index in [1.165, 1.54) is 12.8 Å². The van der Waals surface area contributed by atoms with Gasteiger partial charge in [-0.15, -0.1) is 0 Å². The Hall–Kier alpha value is -0.0900. The molecule has 0 unspecified atom stereocenters. The van der Waals surface area contributed by atoms with Crippen LogP contribution >= 0.6 is 15.9 Å². The zero-order valence-corrected chi connectivity index (χ0v) is 9.98. The average molecular weight is 264 g/mol. The molecule has 0 atom stereocenters. The second-order valence-corrected chi connectivity index (χ2v) is 4.87. The fourth-order valence-electron chi connectivity index (χ4n) is 1.98. The second kappa shape index (κ2) is 5.71. The van der Waals surface area contributed by atoms with Crippen molar-refractivity contribution >= 4 is 21.8 Å². The van der Waals surface area contributed by atoms with Crippen LogP contribution in [-0.4, -0.2) is 29.5 Å². The molecule has 3 nitrogen and oxygen atoms in total. The first kappa shape index (κ1) is 12.0. The summed E-state index contributed by atoms with van der Waals surface area (Å²) in [6, 6.07) is 0. The molecule has 0 heterocycles. The molecule has 0 saturated heterocycles. The minimum Gasteiger partial charge on any atom is -0.396 e. The topological polar surface area (TPSA) is 49.3 Å². The molecule has 1 aliphatic rings. The first-order chi connectivity index (χ1) is 6.72. The molecule has 1 rings (SSSR count). The Morgan fingerprint density at radius 3 is 2.57 bits per heavy atom. The Kier molecular flexibility index (Phi) is 4.89. The van der Waals surface area contributed by atoms with Crippen molar-refractivity contribution in [2.75, 3.05) is 18.5 Å². The third kappa shape index (κ3) is 3.24. The van der Waals surface area contributed by atoms with E-state index < -0.39 is 0 Å². The van der Waals surface area contributed by atoms with E-state index in [2.05, 4.69) is 21.2 Å². The fraction of sp³-hybridized carbons (Fsp3) is 0.900. The van der Waals surface area contributed by atoms with Crippen LogP contribution in [0.4, 0.5) is 0 Å². The molecule has 0 aromatic rings. The molecule has 1 fully saturated rings. The molecular formula is C10H18BrNO2. The molecule has 82 valence electrons. The van der Waals surface area contributed by atoms with Gasteiger partial charge < -0.3 is 10.4 Å². The van der Waals surface area contributed by atoms with E-state index in [-0.39, 0.29) is 17.9 Å². The van der Waals surface area contributed by atoms with Crippen LogP contribution in [0.1, 0.15) is 32.1 Å². The van der Waals surface area contributed by atoms with E-state index in [4.69, 9.17) is 0 Å². The predicted molar refractivity (Wildman–Crippen MR) is 59.4 cm³/mol. The van der Waals surface area contributed by atoms with Crippen LogP contribution in [0.25, 0.3) is 0 Å². The summed E-state index contributed by atoms with van der Waals surface area (Å²) in [5.41, 5.74) is -0.0258. The fourth-order valence-corrected chi connectivity index (χ4v) is 2.34. The van der Waals surface area contributed by atoms with E-state index >= 15 is 0 Å². The van der Waals surface area contributed by atoms with Gasteiger partial charge in [-0.2, -0.15) is 0 Å². The number of nitrogens with one attached hydrogen (secondary N) is 1. The number of amides is 1. The van der Waals surface area contributed by atoms with Crippen molar-refractivity contribution in [3.63, 3.8) is 0 Å². The van der Waals surface area contributed by atoms with Gasteiger partial charge in [-0.3, -0.25) is 4.79 Å². The van der Waals surface area contributed by atoms with Crippen LogP contribution in [0.5, 0.6) is 0 Å². The zero-order chi connectivity index (χ0) is 10.4. The summed E-state index contributed by atoms with van der Waals surface area (Å²) >= 11 is 3.22. The molecule has 2 N–H and O–H groups in total. The number of aliphatic hydroxyl groups is 1. The van der Waals surface area contributed by atoms with E-state index in [1.54, 1.807) is 0 Å². The van der Waals surface area contributed by atoms with Crippen LogP contribution in [0.15, 0.2) is 0 Å². The molecule has 14 heavy (non-hydrogen) atoms. The highest BCUT2D eigenvalue weighted by Crippen LogP contribution is 2.36. The van der Waals surface area contributed by atoms with Gasteiger partial charge in [-0.05, 0) is 12.8 Å². The molecular weight excluding hydrogens is 246 g/mol. The highest BCUT2D eigenvalue weighted by Gasteiger charge is 2.33. The lowest BCUT2D eigenvalue weighted by Crippen LogP contribution is -2.38. The van der Waals surface area contributed by atoms with Crippen LogP contribution in [0.3, 0.4) is 0 Å². The maximum atomic E-state index is 11.2. The predicted octanol–water partition coefficient (Wildman–Crippen LogP) is 1.44. The Bertz CT molecular complexity index is 191. The van der Waals surface area contributed by atoms with Gasteiger partial charge in [-0.1, -0.05) is 28.8 Å². The Morgan fingerprint density at radius 1 is 1.43 bits per heavy atom. The Labute approximate surface area is 93.4 Å². The summed E-state index contributed by atoms with van der Waals surface area (Å²) in [6.45, 7) is 0.830. The van der Waals surface area contributed by atoms with Gasteiger partial charge in [0.1, 0.15) is 0 Å². The van der Waals surface area contributed by atoms with Crippen molar-refractivity contribution < 1.29 is 9.90 Å². The molecule has 0 radical (unpaired) electrons. The van der Waals surface area contributed by atoms with Crippen LogP contribution < -0.4 is 5.32 Å². The first-order valence-electron chi connectivity index (χ1n) is 5.16. The van der Waals surface area contributed by atoms with Gasteiger partial charge in [0.25, 0.3) is 0 Å². The highest BCUT2D eigenvalue weighted by molar-refractivity contribution is 9.09. The van der Waals surface area contributed by atoms with Crippen molar-refractivity contribution in [1.29, 1.82) is 0 Å². The van der Waals surface area contributed by atoms with Gasteiger partial charge in [0.15, 0.2) is 0 Å². The van der Waals surface area contributed by atoms with Crippen molar-refractivity contribution in [2.24, 2.45) is 5.41 Å². The smallest absolute Gasteiger partial charge is 0.220 e. The number of alkyl halides is 1. The van der Waals surface area contributed by atoms with Crippen molar-refractivity contribution in [2.45, 2.75) is 32.1 Å². The summed E-state index contributed by atoms with van der Waals surface area (Å²) in [6.07, 6.45) is 4.95. The normalized spacial score (nSPS) is 19.6. The van der Waals surface area contributed by atoms with E-state index in [0.717, 1.165) is 12.8 Å². The van der Waals surface area contributed by atoms with Crippen LogP contribution in [0, 0.1) is 5.41 Å². The lowest BCUT2D eigenvalue weighted by atomic mass is 9.87. The minimum atomic E-state index is -0.0258. The van der Waals surface area contributed by atoms with Gasteiger partial charge in [-0.25, -0.2) is 0 Å². The number of aliphatic hydroxyl groups excluding tert-OH is 1. The molecule has 0 spiro atoms. The molecule has 1 aliphatic carbocycles. The van der Waals surface area contributed by atoms with Gasteiger partial charge in [0.05, 0.1) is 6.61 Å². The molecule has 0 aromatic carbocycles. The van der Waals surface area contributed by atoms with Gasteiger partial charge in [0, 0.05) is 23.7 Å². The van der Waals surface area contributed by atoms with E-state index in [0.29, 0.717) is 18.3 Å². The Balaban J connectivity index is 2.30. The standard InChI is InChI=1S/C10H18BrNO2/c11-6-3-9(14)12-7-10(8-13)4-1-2-5-10/h13H,1-8H2,(H,12,14). The number of rotatable bonds is 5. The number of carbonyl (C=O) groups is 1. The maximum Gasteiger partial charge on any atom is 0.220 e. The Morgan fingerprint density at radius 2 is 2.07 bits per heavy atom. The number of hydrogen-bond donors (Lipinski definition) is 2. The molecule has 0 aromatic heterocycles. The molecule has 0 aliphatic heterocycles. The largest absolute Gasteiger partial charge is 0.396 e. The summed E-state index contributed by atoms with van der Waals surface area (Å²) in [5.74, 6) is 0.0709. The quantitative estimate of drug-likeness (QED) is 0.738. The third-order valence-corrected chi connectivity index (χ3v) is 3.38. The molecule has 1 amide bonds. The van der Waals surface area contributed by atoms with Crippen LogP contribution in [0.2, 0.25) is 0 Å². The lowest BCUT2D eigenvalue weighted by Gasteiger charge is -2.26. The lowest BCUT2D eigenvalue weighted by molar-refractivity contribution is -0.121. The van der Waals surface area contributed by atoms with Crippen LogP contribution in [-0.2, 0) is 4.79 Å². The highest BCUT2D eigenvalue weighted by atomic mass is 79.9.